The lowest BCUT2D eigenvalue weighted by Gasteiger charge is -2.27. The Labute approximate surface area is 116 Å². The quantitative estimate of drug-likeness (QED) is 0.827. The molecular formula is C12H18N6O2. The summed E-state index contributed by atoms with van der Waals surface area (Å²) in [4.78, 5) is 6.56. The molecule has 0 amide bonds. The first-order valence-corrected chi connectivity index (χ1v) is 6.61. The van der Waals surface area contributed by atoms with Crippen molar-refractivity contribution in [1.82, 2.24) is 24.8 Å². The van der Waals surface area contributed by atoms with Crippen LogP contribution in [0.2, 0.25) is 0 Å². The van der Waals surface area contributed by atoms with E-state index in [2.05, 4.69) is 20.1 Å². The molecule has 1 saturated heterocycles. The summed E-state index contributed by atoms with van der Waals surface area (Å²) in [5.41, 5.74) is 6.79. The van der Waals surface area contributed by atoms with Gasteiger partial charge in [0.1, 0.15) is 0 Å². The van der Waals surface area contributed by atoms with Crippen molar-refractivity contribution in [3.8, 4) is 11.6 Å². The van der Waals surface area contributed by atoms with E-state index in [0.717, 1.165) is 26.3 Å². The third kappa shape index (κ3) is 2.87. The summed E-state index contributed by atoms with van der Waals surface area (Å²) in [7, 11) is 1.84. The summed E-state index contributed by atoms with van der Waals surface area (Å²) in [6.45, 7) is 3.97. The van der Waals surface area contributed by atoms with Crippen molar-refractivity contribution in [2.45, 2.75) is 6.04 Å². The Kier molecular flexibility index (Phi) is 3.77. The molecule has 3 heterocycles. The van der Waals surface area contributed by atoms with Crippen LogP contribution in [0.1, 0.15) is 11.9 Å². The van der Waals surface area contributed by atoms with E-state index >= 15 is 0 Å². The van der Waals surface area contributed by atoms with Gasteiger partial charge in [0.15, 0.2) is 11.5 Å². The Morgan fingerprint density at radius 3 is 2.90 bits per heavy atom. The van der Waals surface area contributed by atoms with Gasteiger partial charge >= 0.3 is 0 Å². The normalized spacial score (nSPS) is 18.3. The van der Waals surface area contributed by atoms with E-state index in [0.29, 0.717) is 24.0 Å². The lowest BCUT2D eigenvalue weighted by Crippen LogP contribution is -2.40. The fourth-order valence-corrected chi connectivity index (χ4v) is 2.16. The van der Waals surface area contributed by atoms with Crippen LogP contribution in [0.5, 0.6) is 0 Å². The molecule has 0 spiro atoms. The number of ether oxygens (including phenoxy) is 1. The molecule has 8 nitrogen and oxygen atoms in total. The molecule has 1 atom stereocenters. The predicted octanol–water partition coefficient (Wildman–Crippen LogP) is -0.198. The molecule has 0 bridgehead atoms. The van der Waals surface area contributed by atoms with Crippen molar-refractivity contribution in [2.24, 2.45) is 12.8 Å². The molecule has 0 radical (unpaired) electrons. The van der Waals surface area contributed by atoms with E-state index in [1.54, 1.807) is 4.68 Å². The molecule has 2 aromatic heterocycles. The van der Waals surface area contributed by atoms with Crippen molar-refractivity contribution in [3.63, 3.8) is 0 Å². The van der Waals surface area contributed by atoms with Gasteiger partial charge in [-0.15, -0.1) is 0 Å². The number of hydrogen-bond acceptors (Lipinski definition) is 7. The number of nitrogens with two attached hydrogens (primary N) is 1. The van der Waals surface area contributed by atoms with Crippen LogP contribution in [0.4, 0.5) is 0 Å². The van der Waals surface area contributed by atoms with E-state index < -0.39 is 0 Å². The van der Waals surface area contributed by atoms with E-state index in [1.165, 1.54) is 0 Å². The largest absolute Gasteiger partial charge is 0.379 e. The summed E-state index contributed by atoms with van der Waals surface area (Å²) in [5.74, 6) is 0.912. The summed E-state index contributed by atoms with van der Waals surface area (Å²) >= 11 is 0. The second-order valence-corrected chi connectivity index (χ2v) is 4.85. The van der Waals surface area contributed by atoms with Gasteiger partial charge in [-0.3, -0.25) is 9.58 Å². The van der Waals surface area contributed by atoms with Crippen molar-refractivity contribution in [2.75, 3.05) is 32.8 Å². The molecule has 1 unspecified atom stereocenters. The standard InChI is InChI=1S/C12H18N6O2/c1-17-3-2-10(15-17)12-14-11(16-20-12)9(13)8-18-4-6-19-7-5-18/h2-3,9H,4-8,13H2,1H3. The van der Waals surface area contributed by atoms with Crippen molar-refractivity contribution in [3.05, 3.63) is 18.1 Å². The van der Waals surface area contributed by atoms with Gasteiger partial charge in [0.25, 0.3) is 5.89 Å². The first kappa shape index (κ1) is 13.2. The molecule has 108 valence electrons. The molecule has 2 N–H and O–H groups in total. The average Bonchev–Trinajstić information content (AvgIpc) is 3.08. The number of aromatic nitrogens is 4. The molecule has 0 aliphatic carbocycles. The highest BCUT2D eigenvalue weighted by atomic mass is 16.5. The van der Waals surface area contributed by atoms with Crippen LogP contribution in [0.15, 0.2) is 16.8 Å². The van der Waals surface area contributed by atoms with Gasteiger partial charge in [0.05, 0.1) is 19.3 Å². The number of nitrogens with zero attached hydrogens (tertiary/aromatic N) is 5. The minimum Gasteiger partial charge on any atom is -0.379 e. The average molecular weight is 278 g/mol. The number of aryl methyl sites for hydroxylation is 1. The van der Waals surface area contributed by atoms with E-state index in [-0.39, 0.29) is 6.04 Å². The Balaban J connectivity index is 1.66. The van der Waals surface area contributed by atoms with Gasteiger partial charge in [-0.2, -0.15) is 10.1 Å². The zero-order valence-corrected chi connectivity index (χ0v) is 11.4. The van der Waals surface area contributed by atoms with Crippen LogP contribution in [0, 0.1) is 0 Å². The summed E-state index contributed by atoms with van der Waals surface area (Å²) in [6, 6.07) is 1.56. The molecule has 20 heavy (non-hydrogen) atoms. The Morgan fingerprint density at radius 1 is 1.40 bits per heavy atom. The second-order valence-electron chi connectivity index (χ2n) is 4.85. The van der Waals surface area contributed by atoms with Crippen molar-refractivity contribution in [1.29, 1.82) is 0 Å². The van der Waals surface area contributed by atoms with Gasteiger partial charge in [-0.05, 0) is 6.07 Å². The van der Waals surface area contributed by atoms with Crippen LogP contribution >= 0.6 is 0 Å². The Morgan fingerprint density at radius 2 is 2.20 bits per heavy atom. The van der Waals surface area contributed by atoms with Crippen molar-refractivity contribution < 1.29 is 9.26 Å². The van der Waals surface area contributed by atoms with Crippen LogP contribution in [-0.2, 0) is 11.8 Å². The molecule has 1 aliphatic rings. The van der Waals surface area contributed by atoms with Gasteiger partial charge in [0.2, 0.25) is 0 Å². The van der Waals surface area contributed by atoms with E-state index in [4.69, 9.17) is 15.0 Å². The second kappa shape index (κ2) is 5.70. The molecule has 0 aromatic carbocycles. The Bertz CT molecular complexity index is 560. The number of morpholine rings is 1. The maximum Gasteiger partial charge on any atom is 0.278 e. The fourth-order valence-electron chi connectivity index (χ4n) is 2.16. The van der Waals surface area contributed by atoms with Crippen LogP contribution < -0.4 is 5.73 Å². The SMILES string of the molecule is Cn1ccc(-c2nc(C(N)CN3CCOCC3)no2)n1. The van der Waals surface area contributed by atoms with Gasteiger partial charge in [0, 0.05) is 32.9 Å². The van der Waals surface area contributed by atoms with Gasteiger partial charge in [-0.1, -0.05) is 5.16 Å². The predicted molar refractivity (Wildman–Crippen MR) is 70.7 cm³/mol. The molecular weight excluding hydrogens is 260 g/mol. The van der Waals surface area contributed by atoms with Crippen LogP contribution in [0.3, 0.4) is 0 Å². The topological polar surface area (TPSA) is 95.2 Å². The lowest BCUT2D eigenvalue weighted by atomic mass is 10.2. The molecule has 3 rings (SSSR count). The monoisotopic (exact) mass is 278 g/mol. The van der Waals surface area contributed by atoms with Crippen LogP contribution in [-0.4, -0.2) is 57.7 Å². The zero-order chi connectivity index (χ0) is 13.9. The molecule has 1 aliphatic heterocycles. The summed E-state index contributed by atoms with van der Waals surface area (Å²) in [5, 5.41) is 8.17. The highest BCUT2D eigenvalue weighted by Crippen LogP contribution is 2.17. The highest BCUT2D eigenvalue weighted by Gasteiger charge is 2.20. The molecule has 0 saturated carbocycles. The fraction of sp³-hybridized carbons (Fsp3) is 0.583. The maximum atomic E-state index is 6.13. The van der Waals surface area contributed by atoms with Crippen LogP contribution in [0.25, 0.3) is 11.6 Å². The molecule has 8 heteroatoms. The lowest BCUT2D eigenvalue weighted by molar-refractivity contribution is 0.0348. The first-order valence-electron chi connectivity index (χ1n) is 6.61. The van der Waals surface area contributed by atoms with Gasteiger partial charge < -0.3 is 15.0 Å². The van der Waals surface area contributed by atoms with E-state index in [1.807, 2.05) is 19.3 Å². The summed E-state index contributed by atoms with van der Waals surface area (Å²) in [6.07, 6.45) is 1.83. The van der Waals surface area contributed by atoms with Crippen molar-refractivity contribution >= 4 is 0 Å². The smallest absolute Gasteiger partial charge is 0.278 e. The minimum atomic E-state index is -0.269. The zero-order valence-electron chi connectivity index (χ0n) is 11.4. The molecule has 1 fully saturated rings. The number of rotatable bonds is 4. The third-order valence-electron chi connectivity index (χ3n) is 3.26. The first-order chi connectivity index (χ1) is 9.72. The maximum absolute atomic E-state index is 6.13. The molecule has 2 aromatic rings. The number of hydrogen-bond donors (Lipinski definition) is 1. The highest BCUT2D eigenvalue weighted by molar-refractivity contribution is 5.44. The Hall–Kier alpha value is -1.77. The van der Waals surface area contributed by atoms with Gasteiger partial charge in [-0.25, -0.2) is 0 Å². The third-order valence-corrected chi connectivity index (χ3v) is 3.26. The van der Waals surface area contributed by atoms with E-state index in [9.17, 15) is 0 Å². The summed E-state index contributed by atoms with van der Waals surface area (Å²) < 4.78 is 12.2. The minimum absolute atomic E-state index is 0.269.